The molecular weight excluding hydrogens is 360 g/mol. The van der Waals surface area contributed by atoms with Crippen molar-refractivity contribution in [2.24, 2.45) is 35.5 Å². The van der Waals surface area contributed by atoms with Crippen LogP contribution in [0.15, 0.2) is 0 Å². The van der Waals surface area contributed by atoms with E-state index >= 15 is 0 Å². The summed E-state index contributed by atoms with van der Waals surface area (Å²) in [6.07, 6.45) is 3.57. The molecule has 0 saturated heterocycles. The maximum Gasteiger partial charge on any atom is 0.550 e. The molecule has 2 fully saturated rings. The van der Waals surface area contributed by atoms with Gasteiger partial charge in [-0.3, -0.25) is 0 Å². The Bertz CT molecular complexity index is 471. The van der Waals surface area contributed by atoms with E-state index in [1.807, 2.05) is 0 Å². The standard InChI is InChI=1S/C22H38O6/c1-13(2)17-9-7-15(5)11-19(17)25-21(23)27-28-22(24)26-20-12-16(6)8-10-18(20)14(3)4/h13-20H,7-12H2,1-6H3/t15-,16-,17+,18+,19-,20-/m0/s1. The molecule has 0 spiro atoms. The number of carbonyl (C=O) groups excluding carboxylic acids is 2. The van der Waals surface area contributed by atoms with Gasteiger partial charge in [-0.15, -0.1) is 0 Å². The van der Waals surface area contributed by atoms with Gasteiger partial charge in [0.05, 0.1) is 0 Å². The monoisotopic (exact) mass is 398 g/mol. The number of carbonyl (C=O) groups is 2. The number of hydrogen-bond acceptors (Lipinski definition) is 6. The summed E-state index contributed by atoms with van der Waals surface area (Å²) in [6, 6.07) is 0. The number of rotatable bonds is 4. The van der Waals surface area contributed by atoms with Crippen molar-refractivity contribution in [2.45, 2.75) is 92.3 Å². The van der Waals surface area contributed by atoms with Crippen LogP contribution in [-0.4, -0.2) is 24.5 Å². The Balaban J connectivity index is 1.80. The average Bonchev–Trinajstić information content (AvgIpc) is 2.59. The van der Waals surface area contributed by atoms with Crippen LogP contribution in [0.25, 0.3) is 0 Å². The van der Waals surface area contributed by atoms with Gasteiger partial charge in [0, 0.05) is 0 Å². The predicted octanol–water partition coefficient (Wildman–Crippen LogP) is 6.13. The first-order valence-corrected chi connectivity index (χ1v) is 10.9. The van der Waals surface area contributed by atoms with Crippen LogP contribution >= 0.6 is 0 Å². The first-order chi connectivity index (χ1) is 13.2. The van der Waals surface area contributed by atoms with Crippen molar-refractivity contribution in [3.63, 3.8) is 0 Å². The normalized spacial score (nSPS) is 33.4. The van der Waals surface area contributed by atoms with Crippen LogP contribution in [0, 0.1) is 35.5 Å². The van der Waals surface area contributed by atoms with E-state index in [1.165, 1.54) is 0 Å². The van der Waals surface area contributed by atoms with Crippen LogP contribution in [0.5, 0.6) is 0 Å². The van der Waals surface area contributed by atoms with Crippen LogP contribution in [-0.2, 0) is 19.2 Å². The molecule has 0 heterocycles. The van der Waals surface area contributed by atoms with E-state index in [-0.39, 0.29) is 12.2 Å². The highest BCUT2D eigenvalue weighted by Crippen LogP contribution is 2.36. The van der Waals surface area contributed by atoms with E-state index in [2.05, 4.69) is 51.3 Å². The Morgan fingerprint density at radius 3 is 1.36 bits per heavy atom. The third kappa shape index (κ3) is 6.56. The third-order valence-electron chi connectivity index (χ3n) is 6.60. The molecule has 0 bridgehead atoms. The lowest BCUT2D eigenvalue weighted by Crippen LogP contribution is -2.37. The van der Waals surface area contributed by atoms with Gasteiger partial charge in [0.15, 0.2) is 0 Å². The molecule has 0 N–H and O–H groups in total. The average molecular weight is 399 g/mol. The van der Waals surface area contributed by atoms with Gasteiger partial charge in [-0.05, 0) is 61.2 Å². The van der Waals surface area contributed by atoms with Gasteiger partial charge in [0.2, 0.25) is 0 Å². The molecule has 0 aromatic heterocycles. The predicted molar refractivity (Wildman–Crippen MR) is 105 cm³/mol. The van der Waals surface area contributed by atoms with Crippen LogP contribution in [0.4, 0.5) is 9.59 Å². The molecule has 2 saturated carbocycles. The van der Waals surface area contributed by atoms with Crippen molar-refractivity contribution < 1.29 is 28.8 Å². The Morgan fingerprint density at radius 2 is 1.04 bits per heavy atom. The molecule has 2 rings (SSSR count). The Morgan fingerprint density at radius 1 is 0.679 bits per heavy atom. The topological polar surface area (TPSA) is 71.1 Å². The van der Waals surface area contributed by atoms with Crippen molar-refractivity contribution in [3.05, 3.63) is 0 Å². The minimum Gasteiger partial charge on any atom is -0.428 e. The summed E-state index contributed by atoms with van der Waals surface area (Å²) in [6.45, 7) is 12.8. The van der Waals surface area contributed by atoms with Gasteiger partial charge < -0.3 is 9.47 Å². The van der Waals surface area contributed by atoms with E-state index in [0.717, 1.165) is 38.5 Å². The van der Waals surface area contributed by atoms with Crippen molar-refractivity contribution in [2.75, 3.05) is 0 Å². The summed E-state index contributed by atoms with van der Waals surface area (Å²) in [5, 5.41) is 0. The molecule has 2 aliphatic rings. The third-order valence-corrected chi connectivity index (χ3v) is 6.60. The Kier molecular flexibility index (Phi) is 8.44. The molecule has 6 atom stereocenters. The zero-order valence-electron chi connectivity index (χ0n) is 18.3. The Labute approximate surface area is 169 Å². The number of hydrogen-bond donors (Lipinski definition) is 0. The summed E-state index contributed by atoms with van der Waals surface area (Å²) < 4.78 is 10.9. The minimum absolute atomic E-state index is 0.208. The largest absolute Gasteiger partial charge is 0.550 e. The van der Waals surface area contributed by atoms with E-state index in [1.54, 1.807) is 0 Å². The highest BCUT2D eigenvalue weighted by molar-refractivity contribution is 5.63. The van der Waals surface area contributed by atoms with Gasteiger partial charge in [0.1, 0.15) is 12.2 Å². The van der Waals surface area contributed by atoms with Crippen molar-refractivity contribution >= 4 is 12.3 Å². The first kappa shape index (κ1) is 22.8. The molecule has 0 unspecified atom stereocenters. The fourth-order valence-corrected chi connectivity index (χ4v) is 4.85. The summed E-state index contributed by atoms with van der Waals surface area (Å²) in [7, 11) is 0. The van der Waals surface area contributed by atoms with Crippen molar-refractivity contribution in [1.29, 1.82) is 0 Å². The fourth-order valence-electron chi connectivity index (χ4n) is 4.85. The molecule has 28 heavy (non-hydrogen) atoms. The molecule has 0 radical (unpaired) electrons. The van der Waals surface area contributed by atoms with Gasteiger partial charge in [-0.25, -0.2) is 0 Å². The SMILES string of the molecule is CC(C)[C@H]1CC[C@H](C)C[C@@H]1OC(=O)OOC(=O)O[C@H]1C[C@@H](C)CC[C@@H]1C(C)C. The van der Waals surface area contributed by atoms with E-state index in [9.17, 15) is 9.59 Å². The van der Waals surface area contributed by atoms with Gasteiger partial charge >= 0.3 is 12.3 Å². The maximum atomic E-state index is 12.0. The van der Waals surface area contributed by atoms with Gasteiger partial charge in [-0.1, -0.05) is 54.4 Å². The lowest BCUT2D eigenvalue weighted by molar-refractivity contribution is -0.231. The Hall–Kier alpha value is -1.46. The molecule has 2 aliphatic carbocycles. The van der Waals surface area contributed by atoms with Crippen molar-refractivity contribution in [1.82, 2.24) is 0 Å². The number of ether oxygens (including phenoxy) is 2. The molecule has 6 heteroatoms. The van der Waals surface area contributed by atoms with Crippen LogP contribution in [0.2, 0.25) is 0 Å². The maximum absolute atomic E-state index is 12.0. The summed E-state index contributed by atoms with van der Waals surface area (Å²) in [5.41, 5.74) is 0. The van der Waals surface area contributed by atoms with Crippen molar-refractivity contribution in [3.8, 4) is 0 Å². The van der Waals surface area contributed by atoms with Gasteiger partial charge in [-0.2, -0.15) is 19.4 Å². The zero-order valence-corrected chi connectivity index (χ0v) is 18.3. The van der Waals surface area contributed by atoms with Crippen LogP contribution in [0.1, 0.15) is 80.1 Å². The lowest BCUT2D eigenvalue weighted by Gasteiger charge is -2.36. The highest BCUT2D eigenvalue weighted by atomic mass is 17.3. The molecule has 0 aromatic rings. The molecular formula is C22H38O6. The lowest BCUT2D eigenvalue weighted by atomic mass is 9.75. The zero-order chi connectivity index (χ0) is 20.8. The molecule has 0 aromatic carbocycles. The van der Waals surface area contributed by atoms with E-state index in [4.69, 9.17) is 9.47 Å². The molecule has 0 amide bonds. The van der Waals surface area contributed by atoms with Crippen LogP contribution < -0.4 is 0 Å². The minimum atomic E-state index is -0.973. The summed E-state index contributed by atoms with van der Waals surface area (Å²) >= 11 is 0. The second-order valence-electron chi connectivity index (χ2n) is 9.63. The quantitative estimate of drug-likeness (QED) is 0.322. The van der Waals surface area contributed by atoms with E-state index < -0.39 is 12.3 Å². The second kappa shape index (κ2) is 10.4. The van der Waals surface area contributed by atoms with Crippen LogP contribution in [0.3, 0.4) is 0 Å². The highest BCUT2D eigenvalue weighted by Gasteiger charge is 2.36. The molecule has 0 aliphatic heterocycles. The van der Waals surface area contributed by atoms with E-state index in [0.29, 0.717) is 35.5 Å². The summed E-state index contributed by atoms with van der Waals surface area (Å²) in [4.78, 5) is 33.3. The summed E-state index contributed by atoms with van der Waals surface area (Å²) in [5.74, 6) is 2.42. The van der Waals surface area contributed by atoms with Gasteiger partial charge in [0.25, 0.3) is 0 Å². The first-order valence-electron chi connectivity index (χ1n) is 10.9. The smallest absolute Gasteiger partial charge is 0.428 e. The molecule has 6 nitrogen and oxygen atoms in total. The fraction of sp³-hybridized carbons (Fsp3) is 0.909. The molecule has 162 valence electrons. The second-order valence-corrected chi connectivity index (χ2v) is 9.63.